The largest absolute Gasteiger partial charge is 0.352 e. The summed E-state index contributed by atoms with van der Waals surface area (Å²) < 4.78 is 0. The average Bonchev–Trinajstić information content (AvgIpc) is 2.33. The van der Waals surface area contributed by atoms with Crippen LogP contribution < -0.4 is 11.1 Å². The van der Waals surface area contributed by atoms with Crippen LogP contribution in [0.4, 0.5) is 0 Å². The maximum Gasteiger partial charge on any atom is 0.251 e. The molecule has 0 unspecified atom stereocenters. The SMILES string of the molecule is Cc1cc(C(=O)NCC(C)(C)C)ccc1C#CCN. The number of aryl methyl sites for hydroxylation is 1. The lowest BCUT2D eigenvalue weighted by atomic mass is 9.96. The van der Waals surface area contributed by atoms with Crippen molar-refractivity contribution in [2.45, 2.75) is 27.7 Å². The Bertz CT molecular complexity index is 516. The molecule has 0 aliphatic heterocycles. The number of benzene rings is 1. The molecular formula is C16H22N2O. The van der Waals surface area contributed by atoms with Gasteiger partial charge in [-0.25, -0.2) is 0 Å². The lowest BCUT2D eigenvalue weighted by molar-refractivity contribution is 0.0939. The number of nitrogens with two attached hydrogens (primary N) is 1. The van der Waals surface area contributed by atoms with Crippen molar-refractivity contribution in [3.63, 3.8) is 0 Å². The molecular weight excluding hydrogens is 236 g/mol. The first-order valence-electron chi connectivity index (χ1n) is 6.41. The van der Waals surface area contributed by atoms with E-state index in [2.05, 4.69) is 37.9 Å². The Balaban J connectivity index is 2.80. The van der Waals surface area contributed by atoms with Crippen molar-refractivity contribution < 1.29 is 4.79 Å². The summed E-state index contributed by atoms with van der Waals surface area (Å²) in [4.78, 5) is 12.0. The summed E-state index contributed by atoms with van der Waals surface area (Å²) in [6.45, 7) is 9.20. The second-order valence-corrected chi connectivity index (χ2v) is 5.78. The number of carbonyl (C=O) groups excluding carboxylic acids is 1. The van der Waals surface area contributed by atoms with Crippen LogP contribution in [0.25, 0.3) is 0 Å². The van der Waals surface area contributed by atoms with Gasteiger partial charge in [0.05, 0.1) is 6.54 Å². The fourth-order valence-electron chi connectivity index (χ4n) is 1.54. The van der Waals surface area contributed by atoms with E-state index in [1.807, 2.05) is 19.1 Å². The van der Waals surface area contributed by atoms with Gasteiger partial charge in [-0.3, -0.25) is 4.79 Å². The van der Waals surface area contributed by atoms with E-state index in [1.165, 1.54) is 0 Å². The van der Waals surface area contributed by atoms with Gasteiger partial charge in [0.15, 0.2) is 0 Å². The predicted molar refractivity (Wildman–Crippen MR) is 78.9 cm³/mol. The minimum absolute atomic E-state index is 0.0450. The molecule has 0 spiro atoms. The first kappa shape index (κ1) is 15.3. The molecule has 102 valence electrons. The fourth-order valence-corrected chi connectivity index (χ4v) is 1.54. The number of amides is 1. The van der Waals surface area contributed by atoms with Gasteiger partial charge in [0.1, 0.15) is 0 Å². The van der Waals surface area contributed by atoms with Crippen molar-refractivity contribution >= 4 is 5.91 Å². The van der Waals surface area contributed by atoms with Crippen LogP contribution in [-0.2, 0) is 0 Å². The Hall–Kier alpha value is -1.79. The zero-order chi connectivity index (χ0) is 14.5. The van der Waals surface area contributed by atoms with E-state index in [9.17, 15) is 4.79 Å². The van der Waals surface area contributed by atoms with Crippen LogP contribution in [-0.4, -0.2) is 19.0 Å². The maximum atomic E-state index is 12.0. The highest BCUT2D eigenvalue weighted by atomic mass is 16.1. The molecule has 0 atom stereocenters. The van der Waals surface area contributed by atoms with Crippen molar-refractivity contribution in [2.24, 2.45) is 11.1 Å². The molecule has 0 heterocycles. The van der Waals surface area contributed by atoms with Gasteiger partial charge in [0.2, 0.25) is 0 Å². The molecule has 0 bridgehead atoms. The summed E-state index contributed by atoms with van der Waals surface area (Å²) in [6.07, 6.45) is 0. The number of nitrogens with one attached hydrogen (secondary N) is 1. The fraction of sp³-hybridized carbons (Fsp3) is 0.438. The Kier molecular flexibility index (Phi) is 5.14. The molecule has 0 aromatic heterocycles. The predicted octanol–water partition coefficient (Wildman–Crippen LogP) is 2.08. The van der Waals surface area contributed by atoms with Crippen LogP contribution in [0.5, 0.6) is 0 Å². The monoisotopic (exact) mass is 258 g/mol. The molecule has 1 aromatic carbocycles. The normalized spacial score (nSPS) is 10.6. The highest BCUT2D eigenvalue weighted by molar-refractivity contribution is 5.94. The minimum atomic E-state index is -0.0450. The van der Waals surface area contributed by atoms with E-state index in [1.54, 1.807) is 6.07 Å². The Morgan fingerprint density at radius 3 is 2.58 bits per heavy atom. The molecule has 1 amide bonds. The van der Waals surface area contributed by atoms with Crippen LogP contribution >= 0.6 is 0 Å². The standard InChI is InChI=1S/C16H22N2O/c1-12-10-14(8-7-13(12)6-5-9-17)15(19)18-11-16(2,3)4/h7-8,10H,9,11,17H2,1-4H3,(H,18,19). The van der Waals surface area contributed by atoms with Gasteiger partial charge in [0.25, 0.3) is 5.91 Å². The van der Waals surface area contributed by atoms with Crippen LogP contribution in [0, 0.1) is 24.2 Å². The molecule has 0 aliphatic rings. The van der Waals surface area contributed by atoms with E-state index < -0.39 is 0 Å². The molecule has 3 nitrogen and oxygen atoms in total. The number of hydrogen-bond donors (Lipinski definition) is 2. The highest BCUT2D eigenvalue weighted by Crippen LogP contribution is 2.13. The molecule has 3 N–H and O–H groups in total. The number of rotatable bonds is 2. The maximum absolute atomic E-state index is 12.0. The lowest BCUT2D eigenvalue weighted by Gasteiger charge is -2.18. The topological polar surface area (TPSA) is 55.1 Å². The molecule has 0 radical (unpaired) electrons. The van der Waals surface area contributed by atoms with Gasteiger partial charge in [-0.05, 0) is 36.1 Å². The zero-order valence-corrected chi connectivity index (χ0v) is 12.1. The summed E-state index contributed by atoms with van der Waals surface area (Å²) >= 11 is 0. The first-order valence-corrected chi connectivity index (χ1v) is 6.41. The van der Waals surface area contributed by atoms with Gasteiger partial charge in [0, 0.05) is 17.7 Å². The van der Waals surface area contributed by atoms with Crippen molar-refractivity contribution in [2.75, 3.05) is 13.1 Å². The molecule has 1 aromatic rings. The van der Waals surface area contributed by atoms with E-state index in [0.717, 1.165) is 11.1 Å². The molecule has 3 heteroatoms. The third kappa shape index (κ3) is 5.15. The van der Waals surface area contributed by atoms with Crippen LogP contribution in [0.1, 0.15) is 42.3 Å². The Morgan fingerprint density at radius 2 is 2.05 bits per heavy atom. The molecule has 0 saturated heterocycles. The van der Waals surface area contributed by atoms with Gasteiger partial charge >= 0.3 is 0 Å². The number of carbonyl (C=O) groups is 1. The third-order valence-corrected chi connectivity index (χ3v) is 2.59. The second kappa shape index (κ2) is 6.40. The van der Waals surface area contributed by atoms with Crippen molar-refractivity contribution in [1.29, 1.82) is 0 Å². The minimum Gasteiger partial charge on any atom is -0.352 e. The van der Waals surface area contributed by atoms with E-state index in [4.69, 9.17) is 5.73 Å². The first-order chi connectivity index (χ1) is 8.83. The van der Waals surface area contributed by atoms with Crippen LogP contribution in [0.2, 0.25) is 0 Å². The quantitative estimate of drug-likeness (QED) is 0.798. The van der Waals surface area contributed by atoms with E-state index in [0.29, 0.717) is 18.7 Å². The average molecular weight is 258 g/mol. The zero-order valence-electron chi connectivity index (χ0n) is 12.1. The Labute approximate surface area is 115 Å². The van der Waals surface area contributed by atoms with E-state index >= 15 is 0 Å². The molecule has 0 fully saturated rings. The molecule has 19 heavy (non-hydrogen) atoms. The summed E-state index contributed by atoms with van der Waals surface area (Å²) in [5.41, 5.74) is 8.00. The van der Waals surface area contributed by atoms with Crippen LogP contribution in [0.15, 0.2) is 18.2 Å². The van der Waals surface area contributed by atoms with Crippen LogP contribution in [0.3, 0.4) is 0 Å². The summed E-state index contributed by atoms with van der Waals surface area (Å²) in [5, 5.41) is 2.93. The van der Waals surface area contributed by atoms with Gasteiger partial charge in [-0.2, -0.15) is 0 Å². The lowest BCUT2D eigenvalue weighted by Crippen LogP contribution is -2.32. The van der Waals surface area contributed by atoms with Gasteiger partial charge < -0.3 is 11.1 Å². The smallest absolute Gasteiger partial charge is 0.251 e. The Morgan fingerprint density at radius 1 is 1.37 bits per heavy atom. The molecule has 0 saturated carbocycles. The van der Waals surface area contributed by atoms with Crippen molar-refractivity contribution in [3.05, 3.63) is 34.9 Å². The van der Waals surface area contributed by atoms with Gasteiger partial charge in [-0.1, -0.05) is 32.6 Å². The molecule has 1 rings (SSSR count). The van der Waals surface area contributed by atoms with Crippen molar-refractivity contribution in [1.82, 2.24) is 5.32 Å². The van der Waals surface area contributed by atoms with E-state index in [-0.39, 0.29) is 11.3 Å². The highest BCUT2D eigenvalue weighted by Gasteiger charge is 2.13. The molecule has 0 aliphatic carbocycles. The summed E-state index contributed by atoms with van der Waals surface area (Å²) in [7, 11) is 0. The van der Waals surface area contributed by atoms with Gasteiger partial charge in [-0.15, -0.1) is 0 Å². The number of hydrogen-bond acceptors (Lipinski definition) is 2. The summed E-state index contributed by atoms with van der Waals surface area (Å²) in [6, 6.07) is 5.52. The summed E-state index contributed by atoms with van der Waals surface area (Å²) in [5.74, 6) is 5.76. The van der Waals surface area contributed by atoms with Crippen molar-refractivity contribution in [3.8, 4) is 11.8 Å². The second-order valence-electron chi connectivity index (χ2n) is 5.78. The third-order valence-electron chi connectivity index (χ3n) is 2.59.